The van der Waals surface area contributed by atoms with E-state index in [0.717, 1.165) is 0 Å². The fraction of sp³-hybridized carbons (Fsp3) is 0.800. The first-order valence-corrected chi connectivity index (χ1v) is 5.00. The molecule has 9 heteroatoms. The zero-order chi connectivity index (χ0) is 11.4. The monoisotopic (exact) mass is 230 g/mol. The highest BCUT2D eigenvalue weighted by Gasteiger charge is 2.26. The molecule has 0 aromatic rings. The van der Waals surface area contributed by atoms with E-state index in [1.807, 2.05) is 0 Å². The Kier molecular flexibility index (Phi) is 5.38. The van der Waals surface area contributed by atoms with Gasteiger partial charge in [0.15, 0.2) is 5.78 Å². The fourth-order valence-corrected chi connectivity index (χ4v) is 0.843. The van der Waals surface area contributed by atoms with Crippen LogP contribution in [0.2, 0.25) is 0 Å². The van der Waals surface area contributed by atoms with E-state index < -0.39 is 39.0 Å². The maximum Gasteiger partial charge on any atom is 0.470 e. The van der Waals surface area contributed by atoms with Gasteiger partial charge in [0, 0.05) is 0 Å². The topological polar surface area (TPSA) is 145 Å². The van der Waals surface area contributed by atoms with Crippen LogP contribution >= 0.6 is 7.82 Å². The summed E-state index contributed by atoms with van der Waals surface area (Å²) >= 11 is 0. The summed E-state index contributed by atoms with van der Waals surface area (Å²) in [7, 11) is -4.77. The zero-order valence-corrected chi connectivity index (χ0v) is 7.87. The first-order chi connectivity index (χ1) is 6.28. The summed E-state index contributed by atoms with van der Waals surface area (Å²) in [5, 5.41) is 26.0. The van der Waals surface area contributed by atoms with E-state index in [2.05, 4.69) is 4.52 Å². The summed E-state index contributed by atoms with van der Waals surface area (Å²) in [6, 6.07) is 0. The summed E-state index contributed by atoms with van der Waals surface area (Å²) in [6.07, 6.45) is -3.62. The van der Waals surface area contributed by atoms with Crippen LogP contribution in [0.4, 0.5) is 0 Å². The second-order valence-corrected chi connectivity index (χ2v) is 3.66. The number of phosphoric acid groups is 1. The number of carbonyl (C=O) groups excluding carboxylic acids is 1. The van der Waals surface area contributed by atoms with Crippen molar-refractivity contribution in [1.82, 2.24) is 0 Å². The Hall–Kier alpha value is -0.340. The summed E-state index contributed by atoms with van der Waals surface area (Å²) in [4.78, 5) is 27.2. The van der Waals surface area contributed by atoms with E-state index in [1.165, 1.54) is 0 Å². The standard InChI is InChI=1S/C5H11O8P/c6-1-3(7)5(9)4(8)2-13-14(10,11)12/h3,5-7,9H,1-2H2,(H2,10,11,12)/t3?,5-/m0/s1. The van der Waals surface area contributed by atoms with E-state index in [1.54, 1.807) is 0 Å². The minimum absolute atomic E-state index is 0.844. The van der Waals surface area contributed by atoms with Gasteiger partial charge in [0.05, 0.1) is 6.61 Å². The number of Topliss-reactive ketones (excluding diaryl/α,β-unsaturated/α-hetero) is 1. The molecule has 0 aliphatic carbocycles. The molecule has 0 radical (unpaired) electrons. The lowest BCUT2D eigenvalue weighted by atomic mass is 10.1. The maximum absolute atomic E-state index is 10.8. The van der Waals surface area contributed by atoms with Crippen LogP contribution in [0.3, 0.4) is 0 Å². The van der Waals surface area contributed by atoms with Crippen LogP contribution in [0, 0.1) is 0 Å². The van der Waals surface area contributed by atoms with Crippen LogP contribution in [-0.2, 0) is 13.9 Å². The Bertz CT molecular complexity index is 234. The Balaban J connectivity index is 4.03. The molecule has 0 bridgehead atoms. The van der Waals surface area contributed by atoms with Gasteiger partial charge in [0.25, 0.3) is 0 Å². The van der Waals surface area contributed by atoms with Crippen LogP contribution in [-0.4, -0.2) is 56.3 Å². The first kappa shape index (κ1) is 13.7. The first-order valence-electron chi connectivity index (χ1n) is 3.47. The van der Waals surface area contributed by atoms with Gasteiger partial charge in [-0.1, -0.05) is 0 Å². The van der Waals surface area contributed by atoms with Crippen molar-refractivity contribution in [2.24, 2.45) is 0 Å². The molecule has 0 aliphatic rings. The minimum atomic E-state index is -4.77. The number of aliphatic hydroxyl groups is 3. The van der Waals surface area contributed by atoms with Crippen molar-refractivity contribution < 1.29 is 39.0 Å². The molecule has 0 saturated carbocycles. The van der Waals surface area contributed by atoms with Crippen molar-refractivity contribution in [2.45, 2.75) is 12.2 Å². The van der Waals surface area contributed by atoms with Crippen molar-refractivity contribution in [3.63, 3.8) is 0 Å². The highest BCUT2D eigenvalue weighted by molar-refractivity contribution is 7.46. The van der Waals surface area contributed by atoms with Gasteiger partial charge in [-0.05, 0) is 0 Å². The van der Waals surface area contributed by atoms with E-state index in [4.69, 9.17) is 25.1 Å². The largest absolute Gasteiger partial charge is 0.470 e. The third-order valence-corrected chi connectivity index (χ3v) is 1.72. The van der Waals surface area contributed by atoms with Crippen LogP contribution in [0.15, 0.2) is 0 Å². The quantitative estimate of drug-likeness (QED) is 0.312. The zero-order valence-electron chi connectivity index (χ0n) is 6.98. The molecule has 0 aliphatic heterocycles. The number of hydrogen-bond acceptors (Lipinski definition) is 6. The summed E-state index contributed by atoms with van der Waals surface area (Å²) in [5.41, 5.74) is 0. The van der Waals surface area contributed by atoms with Gasteiger partial charge < -0.3 is 25.1 Å². The smallest absolute Gasteiger partial charge is 0.394 e. The minimum Gasteiger partial charge on any atom is -0.394 e. The van der Waals surface area contributed by atoms with Gasteiger partial charge in [-0.25, -0.2) is 4.57 Å². The van der Waals surface area contributed by atoms with E-state index in [-0.39, 0.29) is 0 Å². The molecule has 1 unspecified atom stereocenters. The Labute approximate surface area is 79.0 Å². The molecule has 8 nitrogen and oxygen atoms in total. The lowest BCUT2D eigenvalue weighted by Crippen LogP contribution is -2.38. The average molecular weight is 230 g/mol. The maximum atomic E-state index is 10.8. The normalized spacial score (nSPS) is 16.4. The molecule has 0 aromatic carbocycles. The van der Waals surface area contributed by atoms with Crippen LogP contribution in [0.5, 0.6) is 0 Å². The molecule has 0 aromatic heterocycles. The molecular formula is C5H11O8P. The molecule has 84 valence electrons. The molecule has 0 saturated heterocycles. The van der Waals surface area contributed by atoms with Crippen molar-refractivity contribution in [1.29, 1.82) is 0 Å². The molecular weight excluding hydrogens is 219 g/mol. The molecule has 5 N–H and O–H groups in total. The van der Waals surface area contributed by atoms with Gasteiger partial charge in [-0.2, -0.15) is 0 Å². The van der Waals surface area contributed by atoms with Crippen LogP contribution in [0.25, 0.3) is 0 Å². The van der Waals surface area contributed by atoms with Gasteiger partial charge in [-0.3, -0.25) is 9.32 Å². The predicted octanol–water partition coefficient (Wildman–Crippen LogP) is -2.62. The predicted molar refractivity (Wildman–Crippen MR) is 42.1 cm³/mol. The Morgan fingerprint density at radius 1 is 1.36 bits per heavy atom. The third kappa shape index (κ3) is 5.40. The summed E-state index contributed by atoms with van der Waals surface area (Å²) in [6.45, 7) is -1.88. The highest BCUT2D eigenvalue weighted by Crippen LogP contribution is 2.35. The lowest BCUT2D eigenvalue weighted by Gasteiger charge is -2.14. The number of aliphatic hydroxyl groups excluding tert-OH is 3. The molecule has 0 heterocycles. The lowest BCUT2D eigenvalue weighted by molar-refractivity contribution is -0.137. The second kappa shape index (κ2) is 5.52. The van der Waals surface area contributed by atoms with Gasteiger partial charge >= 0.3 is 7.82 Å². The van der Waals surface area contributed by atoms with Crippen molar-refractivity contribution in [3.05, 3.63) is 0 Å². The highest BCUT2D eigenvalue weighted by atomic mass is 31.2. The number of hydrogen-bond donors (Lipinski definition) is 5. The molecule has 2 atom stereocenters. The molecule has 0 fully saturated rings. The Morgan fingerprint density at radius 3 is 2.21 bits per heavy atom. The van der Waals surface area contributed by atoms with Crippen LogP contribution in [0.1, 0.15) is 0 Å². The number of phosphoric ester groups is 1. The molecule has 14 heavy (non-hydrogen) atoms. The van der Waals surface area contributed by atoms with Gasteiger partial charge in [-0.15, -0.1) is 0 Å². The average Bonchev–Trinajstić information content (AvgIpc) is 2.10. The third-order valence-electron chi connectivity index (χ3n) is 1.26. The Morgan fingerprint density at radius 2 is 1.86 bits per heavy atom. The van der Waals surface area contributed by atoms with Crippen LogP contribution < -0.4 is 0 Å². The van der Waals surface area contributed by atoms with E-state index in [9.17, 15) is 9.36 Å². The number of rotatable bonds is 6. The van der Waals surface area contributed by atoms with Gasteiger partial charge in [0.1, 0.15) is 18.8 Å². The summed E-state index contributed by atoms with van der Waals surface area (Å²) < 4.78 is 13.9. The van der Waals surface area contributed by atoms with E-state index in [0.29, 0.717) is 0 Å². The van der Waals surface area contributed by atoms with E-state index >= 15 is 0 Å². The fourth-order valence-electron chi connectivity index (χ4n) is 0.548. The van der Waals surface area contributed by atoms with Gasteiger partial charge in [0.2, 0.25) is 0 Å². The molecule has 0 spiro atoms. The number of carbonyl (C=O) groups is 1. The number of ketones is 1. The molecule has 0 amide bonds. The second-order valence-electron chi connectivity index (χ2n) is 2.43. The molecule has 0 rings (SSSR count). The van der Waals surface area contributed by atoms with Crippen molar-refractivity contribution in [2.75, 3.05) is 13.2 Å². The van der Waals surface area contributed by atoms with Crippen molar-refractivity contribution in [3.8, 4) is 0 Å². The SMILES string of the molecule is O=C(COP(=O)(O)O)[C@@H](O)C(O)CO. The van der Waals surface area contributed by atoms with Crippen molar-refractivity contribution >= 4 is 13.6 Å². The summed E-state index contributed by atoms with van der Waals surface area (Å²) in [5.74, 6) is -1.13.